The molecule has 0 bridgehead atoms. The quantitative estimate of drug-likeness (QED) is 0.540. The van der Waals surface area contributed by atoms with Crippen LogP contribution in [0.25, 0.3) is 21.9 Å². The standard InChI is InChI=1S/C21H15N3O2/c1-13-15-7-4-6-10-18(15)26-20(13)21(25)24(2)19-11-14(12-22)16-8-3-5-9-17(16)23-19/h3-11H,1-2H3. The first-order valence-electron chi connectivity index (χ1n) is 8.16. The van der Waals surface area contributed by atoms with E-state index in [2.05, 4.69) is 11.1 Å². The molecule has 0 unspecified atom stereocenters. The Hall–Kier alpha value is -3.65. The van der Waals surface area contributed by atoms with E-state index in [-0.39, 0.29) is 11.7 Å². The lowest BCUT2D eigenvalue weighted by atomic mass is 10.1. The Morgan fingerprint density at radius 1 is 1.12 bits per heavy atom. The Kier molecular flexibility index (Phi) is 3.67. The van der Waals surface area contributed by atoms with Gasteiger partial charge < -0.3 is 4.42 Å². The second-order valence-corrected chi connectivity index (χ2v) is 6.07. The van der Waals surface area contributed by atoms with Gasteiger partial charge in [-0.05, 0) is 25.1 Å². The summed E-state index contributed by atoms with van der Waals surface area (Å²) in [6.07, 6.45) is 0. The van der Waals surface area contributed by atoms with Gasteiger partial charge in [-0.2, -0.15) is 5.26 Å². The predicted molar refractivity (Wildman–Crippen MR) is 100 cm³/mol. The fraction of sp³-hybridized carbons (Fsp3) is 0.0952. The zero-order valence-corrected chi connectivity index (χ0v) is 14.4. The van der Waals surface area contributed by atoms with Gasteiger partial charge in [-0.25, -0.2) is 4.98 Å². The number of nitriles is 1. The summed E-state index contributed by atoms with van der Waals surface area (Å²) < 4.78 is 5.76. The lowest BCUT2D eigenvalue weighted by Gasteiger charge is -2.16. The molecule has 2 heterocycles. The number of carbonyl (C=O) groups is 1. The van der Waals surface area contributed by atoms with Gasteiger partial charge in [0.05, 0.1) is 17.1 Å². The largest absolute Gasteiger partial charge is 0.451 e. The number of furan rings is 1. The van der Waals surface area contributed by atoms with Gasteiger partial charge in [-0.15, -0.1) is 0 Å². The molecule has 0 aliphatic rings. The summed E-state index contributed by atoms with van der Waals surface area (Å²) in [6.45, 7) is 1.86. The van der Waals surface area contributed by atoms with Crippen LogP contribution in [0.5, 0.6) is 0 Å². The van der Waals surface area contributed by atoms with Crippen molar-refractivity contribution in [1.29, 1.82) is 5.26 Å². The monoisotopic (exact) mass is 341 g/mol. The molecule has 0 fully saturated rings. The first-order chi connectivity index (χ1) is 12.6. The average molecular weight is 341 g/mol. The summed E-state index contributed by atoms with van der Waals surface area (Å²) in [6, 6.07) is 18.7. The van der Waals surface area contributed by atoms with Crippen molar-refractivity contribution in [1.82, 2.24) is 4.98 Å². The number of fused-ring (bicyclic) bond motifs is 2. The summed E-state index contributed by atoms with van der Waals surface area (Å²) >= 11 is 0. The van der Waals surface area contributed by atoms with E-state index >= 15 is 0 Å². The highest BCUT2D eigenvalue weighted by molar-refractivity contribution is 6.07. The van der Waals surface area contributed by atoms with Crippen LogP contribution < -0.4 is 4.90 Å². The van der Waals surface area contributed by atoms with E-state index in [9.17, 15) is 10.1 Å². The topological polar surface area (TPSA) is 70.1 Å². The lowest BCUT2D eigenvalue weighted by molar-refractivity contribution is 0.0967. The van der Waals surface area contributed by atoms with E-state index in [1.165, 1.54) is 4.90 Å². The van der Waals surface area contributed by atoms with Crippen molar-refractivity contribution in [2.75, 3.05) is 11.9 Å². The van der Waals surface area contributed by atoms with Gasteiger partial charge >= 0.3 is 0 Å². The van der Waals surface area contributed by atoms with Crippen LogP contribution in [0.3, 0.4) is 0 Å². The van der Waals surface area contributed by atoms with Crippen LogP contribution in [0, 0.1) is 18.3 Å². The fourth-order valence-electron chi connectivity index (χ4n) is 3.06. The summed E-state index contributed by atoms with van der Waals surface area (Å²) in [5.41, 5.74) is 2.61. The van der Waals surface area contributed by atoms with E-state index in [0.717, 1.165) is 16.3 Å². The second kappa shape index (κ2) is 6.01. The van der Waals surface area contributed by atoms with E-state index in [0.29, 0.717) is 22.5 Å². The maximum atomic E-state index is 13.0. The van der Waals surface area contributed by atoms with E-state index in [1.54, 1.807) is 13.1 Å². The van der Waals surface area contributed by atoms with Gasteiger partial charge in [-0.1, -0.05) is 36.4 Å². The molecular formula is C21H15N3O2. The van der Waals surface area contributed by atoms with Crippen molar-refractivity contribution in [3.8, 4) is 6.07 Å². The molecule has 26 heavy (non-hydrogen) atoms. The molecule has 0 radical (unpaired) electrons. The molecule has 2 aromatic carbocycles. The number of rotatable bonds is 2. The van der Waals surface area contributed by atoms with E-state index in [4.69, 9.17) is 4.42 Å². The molecule has 0 saturated heterocycles. The minimum Gasteiger partial charge on any atom is -0.451 e. The molecule has 1 amide bonds. The van der Waals surface area contributed by atoms with Gasteiger partial charge in [0.2, 0.25) is 0 Å². The summed E-state index contributed by atoms with van der Waals surface area (Å²) in [5.74, 6) is 0.387. The second-order valence-electron chi connectivity index (χ2n) is 6.07. The third-order valence-electron chi connectivity index (χ3n) is 4.51. The maximum absolute atomic E-state index is 13.0. The average Bonchev–Trinajstić information content (AvgIpc) is 3.02. The van der Waals surface area contributed by atoms with Crippen molar-refractivity contribution in [3.05, 3.63) is 71.5 Å². The number of para-hydroxylation sites is 2. The minimum atomic E-state index is -0.301. The lowest BCUT2D eigenvalue weighted by Crippen LogP contribution is -2.27. The molecular weight excluding hydrogens is 326 g/mol. The number of pyridine rings is 1. The minimum absolute atomic E-state index is 0.280. The van der Waals surface area contributed by atoms with E-state index < -0.39 is 0 Å². The van der Waals surface area contributed by atoms with Crippen molar-refractivity contribution in [3.63, 3.8) is 0 Å². The smallest absolute Gasteiger partial charge is 0.295 e. The number of nitrogens with zero attached hydrogens (tertiary/aromatic N) is 3. The van der Waals surface area contributed by atoms with Crippen molar-refractivity contribution in [2.24, 2.45) is 0 Å². The third-order valence-corrected chi connectivity index (χ3v) is 4.51. The number of anilines is 1. The number of aromatic nitrogens is 1. The van der Waals surface area contributed by atoms with Crippen LogP contribution in [0.4, 0.5) is 5.82 Å². The maximum Gasteiger partial charge on any atom is 0.295 e. The summed E-state index contributed by atoms with van der Waals surface area (Å²) in [7, 11) is 1.63. The molecule has 0 atom stereocenters. The highest BCUT2D eigenvalue weighted by Gasteiger charge is 2.23. The van der Waals surface area contributed by atoms with Crippen molar-refractivity contribution >= 4 is 33.6 Å². The van der Waals surface area contributed by atoms with Crippen LogP contribution in [0.2, 0.25) is 0 Å². The number of hydrogen-bond donors (Lipinski definition) is 0. The highest BCUT2D eigenvalue weighted by Crippen LogP contribution is 2.28. The molecule has 0 aliphatic carbocycles. The van der Waals surface area contributed by atoms with Gasteiger partial charge in [0.1, 0.15) is 11.4 Å². The fourth-order valence-corrected chi connectivity index (χ4v) is 3.06. The molecule has 2 aromatic heterocycles. The summed E-state index contributed by atoms with van der Waals surface area (Å²) in [5, 5.41) is 11.1. The molecule has 0 spiro atoms. The molecule has 4 rings (SSSR count). The molecule has 126 valence electrons. The zero-order valence-electron chi connectivity index (χ0n) is 14.4. The number of aryl methyl sites for hydroxylation is 1. The number of amides is 1. The van der Waals surface area contributed by atoms with E-state index in [1.807, 2.05) is 55.5 Å². The Labute approximate surface area is 150 Å². The summed E-state index contributed by atoms with van der Waals surface area (Å²) in [4.78, 5) is 18.9. The van der Waals surface area contributed by atoms with Crippen LogP contribution in [-0.4, -0.2) is 17.9 Å². The first-order valence-corrected chi connectivity index (χ1v) is 8.16. The Morgan fingerprint density at radius 2 is 1.81 bits per heavy atom. The van der Waals surface area contributed by atoms with Gasteiger partial charge in [0, 0.05) is 23.4 Å². The van der Waals surface area contributed by atoms with Gasteiger partial charge in [0.15, 0.2) is 5.76 Å². The van der Waals surface area contributed by atoms with Gasteiger partial charge in [0.25, 0.3) is 5.91 Å². The predicted octanol–water partition coefficient (Wildman–Crippen LogP) is 4.44. The van der Waals surface area contributed by atoms with Gasteiger partial charge in [-0.3, -0.25) is 9.69 Å². The molecule has 5 heteroatoms. The third kappa shape index (κ3) is 2.40. The van der Waals surface area contributed by atoms with Crippen LogP contribution in [0.15, 0.2) is 59.0 Å². The first kappa shape index (κ1) is 15.9. The number of hydrogen-bond acceptors (Lipinski definition) is 4. The highest BCUT2D eigenvalue weighted by atomic mass is 16.3. The molecule has 0 saturated carbocycles. The molecule has 0 N–H and O–H groups in total. The zero-order chi connectivity index (χ0) is 18.3. The van der Waals surface area contributed by atoms with Crippen molar-refractivity contribution < 1.29 is 9.21 Å². The van der Waals surface area contributed by atoms with Crippen molar-refractivity contribution in [2.45, 2.75) is 6.92 Å². The molecule has 0 aliphatic heterocycles. The van der Waals surface area contributed by atoms with Crippen LogP contribution >= 0.6 is 0 Å². The van der Waals surface area contributed by atoms with Crippen LogP contribution in [-0.2, 0) is 0 Å². The van der Waals surface area contributed by atoms with Crippen LogP contribution in [0.1, 0.15) is 21.7 Å². The molecule has 5 nitrogen and oxygen atoms in total. The molecule has 4 aromatic rings. The normalized spacial score (nSPS) is 10.8. The number of carbonyl (C=O) groups excluding carboxylic acids is 1. The Balaban J connectivity index is 1.81. The number of benzene rings is 2. The Bertz CT molecular complexity index is 1200. The Morgan fingerprint density at radius 3 is 2.54 bits per heavy atom. The SMILES string of the molecule is Cc1c(C(=O)N(C)c2cc(C#N)c3ccccc3n2)oc2ccccc12.